The lowest BCUT2D eigenvalue weighted by atomic mass is 10.0. The molecule has 1 heterocycles. The number of anilines is 1. The van der Waals surface area contributed by atoms with E-state index >= 15 is 0 Å². The van der Waals surface area contributed by atoms with Crippen LogP contribution in [0.25, 0.3) is 0 Å². The van der Waals surface area contributed by atoms with E-state index in [1.807, 2.05) is 35.2 Å². The van der Waals surface area contributed by atoms with Crippen molar-refractivity contribution in [2.45, 2.75) is 32.0 Å². The number of aliphatic hydroxyl groups excluding tert-OH is 1. The molecule has 0 aliphatic heterocycles. The molecule has 5 nitrogen and oxygen atoms in total. The minimum absolute atomic E-state index is 0.0790. The van der Waals surface area contributed by atoms with Crippen LogP contribution >= 0.6 is 0 Å². The van der Waals surface area contributed by atoms with Gasteiger partial charge in [-0.1, -0.05) is 36.4 Å². The number of rotatable bonds is 10. The average molecular weight is 490 g/mol. The first-order chi connectivity index (χ1) is 16.7. The van der Waals surface area contributed by atoms with Crippen molar-refractivity contribution in [3.63, 3.8) is 0 Å². The molecule has 3 aromatic rings. The van der Waals surface area contributed by atoms with Crippen molar-refractivity contribution < 1.29 is 27.5 Å². The van der Waals surface area contributed by atoms with Gasteiger partial charge in [0.15, 0.2) is 0 Å². The Morgan fingerprint density at radius 1 is 1.11 bits per heavy atom. The van der Waals surface area contributed by atoms with Crippen molar-refractivity contribution >= 4 is 11.6 Å². The maximum atomic E-state index is 14.0. The molecule has 1 aromatic heterocycles. The fourth-order valence-electron chi connectivity index (χ4n) is 3.79. The molecule has 9 heteroatoms. The topological polar surface area (TPSA) is 65.5 Å². The molecule has 0 radical (unpaired) electrons. The molecule has 1 unspecified atom stereocenters. The van der Waals surface area contributed by atoms with E-state index in [0.29, 0.717) is 41.8 Å². The van der Waals surface area contributed by atoms with Gasteiger partial charge >= 0.3 is 6.18 Å². The highest BCUT2D eigenvalue weighted by atomic mass is 19.4. The second-order valence-electron chi connectivity index (χ2n) is 8.11. The van der Waals surface area contributed by atoms with Gasteiger partial charge in [0.1, 0.15) is 17.6 Å². The van der Waals surface area contributed by atoms with Crippen molar-refractivity contribution in [2.24, 2.45) is 0 Å². The molecule has 3 rings (SSSR count). The van der Waals surface area contributed by atoms with Gasteiger partial charge in [0.25, 0.3) is 0 Å². The van der Waals surface area contributed by atoms with Crippen LogP contribution in [0.1, 0.15) is 34.8 Å². The van der Waals surface area contributed by atoms with Crippen molar-refractivity contribution in [3.8, 4) is 0 Å². The molecule has 2 N–H and O–H groups in total. The third kappa shape index (κ3) is 7.02. The molecule has 2 aromatic carbocycles. The van der Waals surface area contributed by atoms with Gasteiger partial charge in [-0.15, -0.1) is 0 Å². The zero-order valence-electron chi connectivity index (χ0n) is 19.2. The van der Waals surface area contributed by atoms with Gasteiger partial charge in [0.2, 0.25) is 5.91 Å². The Bertz CT molecular complexity index is 1110. The predicted octanol–water partition coefficient (Wildman–Crippen LogP) is 4.84. The van der Waals surface area contributed by atoms with Gasteiger partial charge in [-0.05, 0) is 60.7 Å². The number of nitrogens with one attached hydrogen (secondary N) is 1. The minimum atomic E-state index is -4.50. The zero-order chi connectivity index (χ0) is 25.4. The average Bonchev–Trinajstić information content (AvgIpc) is 2.84. The summed E-state index contributed by atoms with van der Waals surface area (Å²) in [5.74, 6) is -0.700. The normalized spacial score (nSPS) is 12.3. The summed E-state index contributed by atoms with van der Waals surface area (Å²) in [5.41, 5.74) is 1.44. The first-order valence-electron chi connectivity index (χ1n) is 11.2. The van der Waals surface area contributed by atoms with E-state index < -0.39 is 17.9 Å². The van der Waals surface area contributed by atoms with Crippen LogP contribution in [0.3, 0.4) is 0 Å². The number of alkyl halides is 3. The molecule has 0 bridgehead atoms. The fourth-order valence-corrected chi connectivity index (χ4v) is 3.79. The van der Waals surface area contributed by atoms with Gasteiger partial charge in [0, 0.05) is 25.0 Å². The van der Waals surface area contributed by atoms with Crippen LogP contribution in [0, 0.1) is 12.7 Å². The highest BCUT2D eigenvalue weighted by Crippen LogP contribution is 2.30. The standard InChI is InChI=1S/C26H27F4N3O2/c1-18-16-21(10-11-22(18)27)33(14-5-6-19-9-12-23(32-17-19)26(28,29)30)24(25(35)31-13-15-34)20-7-3-2-4-8-20/h2-4,7-12,16-17,24,34H,5-6,13-15H2,1H3,(H,31,35). The quantitative estimate of drug-likeness (QED) is 0.400. The summed E-state index contributed by atoms with van der Waals surface area (Å²) >= 11 is 0. The first kappa shape index (κ1) is 26.2. The summed E-state index contributed by atoms with van der Waals surface area (Å²) in [6.07, 6.45) is -2.36. The van der Waals surface area contributed by atoms with Crippen LogP contribution in [0.4, 0.5) is 23.2 Å². The minimum Gasteiger partial charge on any atom is -0.395 e. The number of halogens is 4. The Morgan fingerprint density at radius 3 is 2.46 bits per heavy atom. The van der Waals surface area contributed by atoms with E-state index in [1.54, 1.807) is 19.1 Å². The second-order valence-corrected chi connectivity index (χ2v) is 8.11. The summed E-state index contributed by atoms with van der Waals surface area (Å²) < 4.78 is 52.4. The number of hydrogen-bond donors (Lipinski definition) is 2. The second kappa shape index (κ2) is 11.8. The molecule has 0 spiro atoms. The van der Waals surface area contributed by atoms with Crippen LogP contribution in [0.15, 0.2) is 66.9 Å². The number of amides is 1. The Balaban J connectivity index is 1.88. The number of carbonyl (C=O) groups excluding carboxylic acids is 1. The largest absolute Gasteiger partial charge is 0.433 e. The molecule has 0 saturated heterocycles. The summed E-state index contributed by atoms with van der Waals surface area (Å²) in [6, 6.07) is 15.2. The maximum Gasteiger partial charge on any atom is 0.433 e. The SMILES string of the molecule is Cc1cc(N(CCCc2ccc(C(F)(F)F)nc2)C(C(=O)NCCO)c2ccccc2)ccc1F. The van der Waals surface area contributed by atoms with Gasteiger partial charge in [-0.3, -0.25) is 9.78 Å². The molecule has 0 aliphatic rings. The molecule has 0 fully saturated rings. The van der Waals surface area contributed by atoms with E-state index in [1.165, 1.54) is 18.3 Å². The molecular weight excluding hydrogens is 462 g/mol. The van der Waals surface area contributed by atoms with Crippen molar-refractivity contribution in [1.29, 1.82) is 0 Å². The molecule has 186 valence electrons. The van der Waals surface area contributed by atoms with Crippen LogP contribution < -0.4 is 10.2 Å². The van der Waals surface area contributed by atoms with E-state index in [4.69, 9.17) is 0 Å². The lowest BCUT2D eigenvalue weighted by Gasteiger charge is -2.33. The molecule has 1 amide bonds. The summed E-state index contributed by atoms with van der Waals surface area (Å²) in [6.45, 7) is 1.85. The van der Waals surface area contributed by atoms with E-state index in [9.17, 15) is 27.5 Å². The predicted molar refractivity (Wildman–Crippen MR) is 125 cm³/mol. The lowest BCUT2D eigenvalue weighted by molar-refractivity contribution is -0.141. The number of aryl methyl sites for hydroxylation is 2. The van der Waals surface area contributed by atoms with Crippen molar-refractivity contribution in [1.82, 2.24) is 10.3 Å². The molecule has 35 heavy (non-hydrogen) atoms. The monoisotopic (exact) mass is 489 g/mol. The van der Waals surface area contributed by atoms with Gasteiger partial charge < -0.3 is 15.3 Å². The Kier molecular flexibility index (Phi) is 8.81. The Labute approximate surface area is 201 Å². The lowest BCUT2D eigenvalue weighted by Crippen LogP contribution is -2.42. The third-order valence-electron chi connectivity index (χ3n) is 5.54. The number of aliphatic hydroxyl groups is 1. The van der Waals surface area contributed by atoms with E-state index in [-0.39, 0.29) is 24.9 Å². The number of nitrogens with zero attached hydrogens (tertiary/aromatic N) is 2. The smallest absolute Gasteiger partial charge is 0.395 e. The van der Waals surface area contributed by atoms with Crippen LogP contribution in [-0.2, 0) is 17.4 Å². The number of aromatic nitrogens is 1. The highest BCUT2D eigenvalue weighted by Gasteiger charge is 2.32. The number of hydrogen-bond acceptors (Lipinski definition) is 4. The fraction of sp³-hybridized carbons (Fsp3) is 0.308. The molecule has 0 aliphatic carbocycles. The van der Waals surface area contributed by atoms with E-state index in [2.05, 4.69) is 10.3 Å². The van der Waals surface area contributed by atoms with E-state index in [0.717, 1.165) is 6.07 Å². The van der Waals surface area contributed by atoms with Crippen LogP contribution in [0.5, 0.6) is 0 Å². The summed E-state index contributed by atoms with van der Waals surface area (Å²) in [5, 5.41) is 11.9. The van der Waals surface area contributed by atoms with Gasteiger partial charge in [-0.2, -0.15) is 13.2 Å². The van der Waals surface area contributed by atoms with Crippen LogP contribution in [0.2, 0.25) is 0 Å². The summed E-state index contributed by atoms with van der Waals surface area (Å²) in [7, 11) is 0. The third-order valence-corrected chi connectivity index (χ3v) is 5.54. The molecular formula is C26H27F4N3O2. The Hall–Kier alpha value is -3.46. The molecule has 1 atom stereocenters. The van der Waals surface area contributed by atoms with Gasteiger partial charge in [0.05, 0.1) is 6.61 Å². The zero-order valence-corrected chi connectivity index (χ0v) is 19.2. The molecule has 0 saturated carbocycles. The number of benzene rings is 2. The van der Waals surface area contributed by atoms with Crippen LogP contribution in [-0.4, -0.2) is 35.7 Å². The summed E-state index contributed by atoms with van der Waals surface area (Å²) in [4.78, 5) is 18.5. The maximum absolute atomic E-state index is 14.0. The highest BCUT2D eigenvalue weighted by molar-refractivity contribution is 5.86. The first-order valence-corrected chi connectivity index (χ1v) is 11.2. The Morgan fingerprint density at radius 2 is 1.86 bits per heavy atom. The van der Waals surface area contributed by atoms with Gasteiger partial charge in [-0.25, -0.2) is 4.39 Å². The number of carbonyl (C=O) groups is 1. The number of pyridine rings is 1. The van der Waals surface area contributed by atoms with Crippen molar-refractivity contribution in [3.05, 3.63) is 95.1 Å². The van der Waals surface area contributed by atoms with Crippen molar-refractivity contribution in [2.75, 3.05) is 24.6 Å².